The van der Waals surface area contributed by atoms with E-state index in [1.807, 2.05) is 0 Å². The number of rotatable bonds is 6. The third-order valence-electron chi connectivity index (χ3n) is 3.35. The molecule has 0 heterocycles. The van der Waals surface area contributed by atoms with Gasteiger partial charge >= 0.3 is 35.8 Å². The van der Waals surface area contributed by atoms with Crippen LogP contribution in [0.5, 0.6) is 0 Å². The third-order valence-corrected chi connectivity index (χ3v) is 3.35. The standard InChI is InChI=1S/2C9H6O6.3Co/c2*10-7(11)4-1-5(8(12)13)3-6(2-4)9(14)15;;;/h2*1-3H,(H,10,11)(H,12,13)(H,14,15);;;. The molecule has 0 aliphatic heterocycles. The number of carbonyl (C=O) groups is 6. The van der Waals surface area contributed by atoms with Gasteiger partial charge in [-0.3, -0.25) is 0 Å². The van der Waals surface area contributed by atoms with Crippen molar-refractivity contribution in [2.24, 2.45) is 0 Å². The molecule has 0 saturated heterocycles. The Morgan fingerprint density at radius 1 is 0.333 bits per heavy atom. The molecule has 15 heteroatoms. The van der Waals surface area contributed by atoms with Crippen molar-refractivity contribution >= 4 is 35.8 Å². The van der Waals surface area contributed by atoms with E-state index in [4.69, 9.17) is 30.6 Å². The van der Waals surface area contributed by atoms with Crippen LogP contribution in [0.3, 0.4) is 0 Å². The Bertz CT molecular complexity index is 838. The Labute approximate surface area is 214 Å². The van der Waals surface area contributed by atoms with Crippen molar-refractivity contribution in [3.05, 3.63) is 69.8 Å². The summed E-state index contributed by atoms with van der Waals surface area (Å²) < 4.78 is 0. The topological polar surface area (TPSA) is 224 Å². The number of hydrogen-bond acceptors (Lipinski definition) is 6. The molecule has 183 valence electrons. The van der Waals surface area contributed by atoms with E-state index in [9.17, 15) is 28.8 Å². The van der Waals surface area contributed by atoms with Gasteiger partial charge in [-0.15, -0.1) is 0 Å². The predicted molar refractivity (Wildman–Crippen MR) is 94.6 cm³/mol. The van der Waals surface area contributed by atoms with Crippen molar-refractivity contribution in [1.82, 2.24) is 0 Å². The summed E-state index contributed by atoms with van der Waals surface area (Å²) in [6, 6.07) is 5.40. The SMILES string of the molecule is O=C(O)c1cc(C(=O)O)cc(C(=O)O)c1.O=C(O)c1cc(C(=O)O)cc(C(=O)O)c1.[Co].[Co].[Co]. The summed E-state index contributed by atoms with van der Waals surface area (Å²) in [6.45, 7) is 0. The number of carboxylic acid groups (broad SMARTS) is 6. The van der Waals surface area contributed by atoms with E-state index in [0.29, 0.717) is 0 Å². The van der Waals surface area contributed by atoms with Crippen LogP contribution in [-0.2, 0) is 50.3 Å². The number of hydrogen-bond donors (Lipinski definition) is 6. The molecule has 0 spiro atoms. The number of aromatic carboxylic acids is 6. The second-order valence-electron chi connectivity index (χ2n) is 5.43. The Morgan fingerprint density at radius 2 is 0.424 bits per heavy atom. The molecule has 0 unspecified atom stereocenters. The van der Waals surface area contributed by atoms with Gasteiger partial charge in [0.25, 0.3) is 0 Å². The van der Waals surface area contributed by atoms with Gasteiger partial charge in [-0.05, 0) is 36.4 Å². The molecule has 0 aromatic heterocycles. The first-order chi connectivity index (χ1) is 13.8. The van der Waals surface area contributed by atoms with Gasteiger partial charge in [0.05, 0.1) is 33.4 Å². The summed E-state index contributed by atoms with van der Waals surface area (Å²) in [5, 5.41) is 51.7. The van der Waals surface area contributed by atoms with Crippen LogP contribution in [-0.4, -0.2) is 66.5 Å². The van der Waals surface area contributed by atoms with Crippen LogP contribution in [0.2, 0.25) is 0 Å². The average molecular weight is 597 g/mol. The molecule has 12 nitrogen and oxygen atoms in total. The molecule has 2 aromatic rings. The van der Waals surface area contributed by atoms with Crippen LogP contribution in [0, 0.1) is 0 Å². The van der Waals surface area contributed by atoms with Crippen molar-refractivity contribution in [3.8, 4) is 0 Å². The molecule has 0 aliphatic carbocycles. The van der Waals surface area contributed by atoms with Gasteiger partial charge in [0.15, 0.2) is 0 Å². The predicted octanol–water partition coefficient (Wildman–Crippen LogP) is 1.55. The Morgan fingerprint density at radius 3 is 0.485 bits per heavy atom. The van der Waals surface area contributed by atoms with Gasteiger partial charge < -0.3 is 30.6 Å². The number of benzene rings is 2. The summed E-state index contributed by atoms with van der Waals surface area (Å²) in [6.07, 6.45) is 0. The second kappa shape index (κ2) is 14.8. The maximum Gasteiger partial charge on any atom is 0.335 e. The minimum Gasteiger partial charge on any atom is -0.478 e. The van der Waals surface area contributed by atoms with Crippen LogP contribution in [0.15, 0.2) is 36.4 Å². The molecule has 0 atom stereocenters. The molecule has 0 saturated carbocycles. The van der Waals surface area contributed by atoms with Gasteiger partial charge in [0.2, 0.25) is 0 Å². The van der Waals surface area contributed by atoms with Crippen LogP contribution >= 0.6 is 0 Å². The molecule has 2 aromatic carbocycles. The van der Waals surface area contributed by atoms with Gasteiger partial charge in [0, 0.05) is 50.3 Å². The quantitative estimate of drug-likeness (QED) is 0.279. The van der Waals surface area contributed by atoms with Gasteiger partial charge in [0.1, 0.15) is 0 Å². The zero-order valence-electron chi connectivity index (χ0n) is 15.6. The molecule has 2 rings (SSSR count). The minimum absolute atomic E-state index is 0. The van der Waals surface area contributed by atoms with Crippen LogP contribution in [0.1, 0.15) is 62.1 Å². The Balaban J connectivity index is -0.000000500. The summed E-state index contributed by atoms with van der Waals surface area (Å²) in [5.74, 6) is -8.25. The van der Waals surface area contributed by atoms with Crippen molar-refractivity contribution in [2.45, 2.75) is 0 Å². The maximum absolute atomic E-state index is 10.6. The smallest absolute Gasteiger partial charge is 0.335 e. The molecule has 33 heavy (non-hydrogen) atoms. The number of carboxylic acids is 6. The fraction of sp³-hybridized carbons (Fsp3) is 0. The molecule has 6 N–H and O–H groups in total. The normalized spacial score (nSPS) is 8.73. The zero-order chi connectivity index (χ0) is 23.2. The Kier molecular flexibility index (Phi) is 15.4. The first-order valence-electron chi connectivity index (χ1n) is 7.53. The third kappa shape index (κ3) is 10.3. The zero-order valence-corrected chi connectivity index (χ0v) is 18.7. The molecule has 0 aliphatic rings. The first kappa shape index (κ1) is 34.4. The molecular formula is C18H12Co3O12. The van der Waals surface area contributed by atoms with Gasteiger partial charge in [-0.2, -0.15) is 0 Å². The molecule has 0 fully saturated rings. The van der Waals surface area contributed by atoms with E-state index in [0.717, 1.165) is 36.4 Å². The molecule has 3 radical (unpaired) electrons. The van der Waals surface area contributed by atoms with Crippen molar-refractivity contribution < 1.29 is 110 Å². The van der Waals surface area contributed by atoms with Crippen molar-refractivity contribution in [1.29, 1.82) is 0 Å². The summed E-state index contributed by atoms with van der Waals surface area (Å²) in [7, 11) is 0. The minimum atomic E-state index is -1.37. The van der Waals surface area contributed by atoms with E-state index in [2.05, 4.69) is 0 Å². The Hall–Kier alpha value is -3.22. The fourth-order valence-corrected chi connectivity index (χ4v) is 2.00. The van der Waals surface area contributed by atoms with Crippen LogP contribution in [0.25, 0.3) is 0 Å². The van der Waals surface area contributed by atoms with Gasteiger partial charge in [-0.25, -0.2) is 28.8 Å². The van der Waals surface area contributed by atoms with Crippen LogP contribution < -0.4 is 0 Å². The summed E-state index contributed by atoms with van der Waals surface area (Å²) >= 11 is 0. The van der Waals surface area contributed by atoms with Crippen molar-refractivity contribution in [3.63, 3.8) is 0 Å². The van der Waals surface area contributed by atoms with E-state index in [-0.39, 0.29) is 83.7 Å². The monoisotopic (exact) mass is 597 g/mol. The van der Waals surface area contributed by atoms with Gasteiger partial charge in [-0.1, -0.05) is 0 Å². The maximum atomic E-state index is 10.6. The van der Waals surface area contributed by atoms with E-state index >= 15 is 0 Å². The molecular weight excluding hydrogens is 585 g/mol. The molecule has 0 bridgehead atoms. The second-order valence-corrected chi connectivity index (χ2v) is 5.43. The average Bonchev–Trinajstić information content (AvgIpc) is 2.67. The van der Waals surface area contributed by atoms with E-state index in [1.54, 1.807) is 0 Å². The fourth-order valence-electron chi connectivity index (χ4n) is 2.00. The van der Waals surface area contributed by atoms with Crippen molar-refractivity contribution in [2.75, 3.05) is 0 Å². The van der Waals surface area contributed by atoms with Crippen LogP contribution in [0.4, 0.5) is 0 Å². The summed E-state index contributed by atoms with van der Waals surface area (Å²) in [5.41, 5.74) is -2.21. The van der Waals surface area contributed by atoms with E-state index in [1.165, 1.54) is 0 Å². The molecule has 0 amide bonds. The first-order valence-corrected chi connectivity index (χ1v) is 7.53. The van der Waals surface area contributed by atoms with E-state index < -0.39 is 35.8 Å². The largest absolute Gasteiger partial charge is 0.478 e. The summed E-state index contributed by atoms with van der Waals surface area (Å²) in [4.78, 5) is 63.4.